The molecule has 0 atom stereocenters. The second kappa shape index (κ2) is 12.8. The average molecular weight is 625 g/mol. The van der Waals surface area contributed by atoms with Crippen molar-refractivity contribution in [2.45, 2.75) is 18.7 Å². The Bertz CT molecular complexity index is 1730. The van der Waals surface area contributed by atoms with E-state index >= 15 is 0 Å². The lowest BCUT2D eigenvalue weighted by atomic mass is 9.82. The number of amides is 3. The Balaban J connectivity index is 1.14. The number of nitrogens with two attached hydrogens (primary N) is 1. The number of rotatable bonds is 7. The molecule has 6 rings (SSSR count). The maximum absolute atomic E-state index is 14.1. The van der Waals surface area contributed by atoms with Crippen LogP contribution >= 0.6 is 0 Å². The summed E-state index contributed by atoms with van der Waals surface area (Å²) in [5.41, 5.74) is 7.09. The van der Waals surface area contributed by atoms with Gasteiger partial charge in [0.1, 0.15) is 18.2 Å². The minimum Gasteiger partial charge on any atom is -0.445 e. The van der Waals surface area contributed by atoms with Gasteiger partial charge in [0.05, 0.1) is 12.1 Å². The lowest BCUT2D eigenvalue weighted by Gasteiger charge is -2.34. The van der Waals surface area contributed by atoms with E-state index in [1.165, 1.54) is 65.8 Å². The summed E-state index contributed by atoms with van der Waals surface area (Å²) in [5, 5.41) is 0. The number of halogens is 2. The third-order valence-corrected chi connectivity index (χ3v) is 8.05. The number of aliphatic imine (C=N–C) groups is 1. The first-order chi connectivity index (χ1) is 22.2. The van der Waals surface area contributed by atoms with Gasteiger partial charge in [0.2, 0.25) is 0 Å². The second-order valence-electron chi connectivity index (χ2n) is 11.0. The van der Waals surface area contributed by atoms with E-state index in [-0.39, 0.29) is 25.0 Å². The molecule has 1 saturated heterocycles. The maximum atomic E-state index is 14.1. The lowest BCUT2D eigenvalue weighted by molar-refractivity contribution is -0.130. The van der Waals surface area contributed by atoms with E-state index < -0.39 is 29.2 Å². The molecule has 0 unspecified atom stereocenters. The smallest absolute Gasteiger partial charge is 0.410 e. The molecule has 4 aromatic rings. The van der Waals surface area contributed by atoms with Gasteiger partial charge in [-0.25, -0.2) is 18.6 Å². The van der Waals surface area contributed by atoms with Crippen molar-refractivity contribution < 1.29 is 27.9 Å². The van der Waals surface area contributed by atoms with Crippen LogP contribution in [-0.4, -0.2) is 69.7 Å². The molecule has 12 heteroatoms. The van der Waals surface area contributed by atoms with Crippen LogP contribution in [0.4, 0.5) is 13.6 Å². The van der Waals surface area contributed by atoms with E-state index in [9.17, 15) is 23.2 Å². The Hall–Kier alpha value is -5.65. The Kier molecular flexibility index (Phi) is 8.43. The van der Waals surface area contributed by atoms with Gasteiger partial charge < -0.3 is 20.3 Å². The van der Waals surface area contributed by atoms with Crippen molar-refractivity contribution in [3.63, 3.8) is 0 Å². The summed E-state index contributed by atoms with van der Waals surface area (Å²) in [5.74, 6) is -1.86. The van der Waals surface area contributed by atoms with Crippen LogP contribution in [0.2, 0.25) is 0 Å². The zero-order valence-electron chi connectivity index (χ0n) is 24.7. The number of ether oxygens (including phenoxy) is 1. The highest BCUT2D eigenvalue weighted by Crippen LogP contribution is 2.40. The first kappa shape index (κ1) is 30.4. The molecule has 2 aliphatic heterocycles. The van der Waals surface area contributed by atoms with Crippen LogP contribution < -0.4 is 5.73 Å². The molecule has 3 amide bonds. The molecule has 0 aliphatic carbocycles. The number of pyridine rings is 1. The van der Waals surface area contributed by atoms with Crippen LogP contribution in [0.3, 0.4) is 0 Å². The summed E-state index contributed by atoms with van der Waals surface area (Å²) in [7, 11) is 0. The maximum Gasteiger partial charge on any atom is 0.410 e. The van der Waals surface area contributed by atoms with Crippen molar-refractivity contribution in [3.05, 3.63) is 137 Å². The predicted octanol–water partition coefficient (Wildman–Crippen LogP) is 4.06. The van der Waals surface area contributed by atoms with Gasteiger partial charge in [-0.2, -0.15) is 0 Å². The first-order valence-corrected chi connectivity index (χ1v) is 14.6. The molecular formula is C34H30F2N6O4. The van der Waals surface area contributed by atoms with E-state index in [0.29, 0.717) is 48.4 Å². The predicted molar refractivity (Wildman–Crippen MR) is 164 cm³/mol. The molecule has 3 heterocycles. The lowest BCUT2D eigenvalue weighted by Crippen LogP contribution is -2.50. The molecule has 0 saturated carbocycles. The van der Waals surface area contributed by atoms with Crippen LogP contribution in [0.1, 0.15) is 32.6 Å². The van der Waals surface area contributed by atoms with E-state index in [0.717, 1.165) is 5.56 Å². The highest BCUT2D eigenvalue weighted by Gasteiger charge is 2.50. The molecule has 0 bridgehead atoms. The van der Waals surface area contributed by atoms with Crippen molar-refractivity contribution >= 4 is 23.9 Å². The van der Waals surface area contributed by atoms with Crippen molar-refractivity contribution in [1.82, 2.24) is 19.7 Å². The quantitative estimate of drug-likeness (QED) is 0.331. The molecule has 46 heavy (non-hydrogen) atoms. The highest BCUT2D eigenvalue weighted by molar-refractivity contribution is 6.09. The molecule has 0 spiro atoms. The van der Waals surface area contributed by atoms with Gasteiger partial charge >= 0.3 is 6.09 Å². The van der Waals surface area contributed by atoms with Gasteiger partial charge in [-0.05, 0) is 52.6 Å². The number of hydrogen-bond donors (Lipinski definition) is 1. The summed E-state index contributed by atoms with van der Waals surface area (Å²) < 4.78 is 33.0. The first-order valence-electron chi connectivity index (χ1n) is 14.6. The van der Waals surface area contributed by atoms with Gasteiger partial charge in [0, 0.05) is 38.6 Å². The molecular weight excluding hydrogens is 594 g/mol. The Morgan fingerprint density at radius 3 is 2.00 bits per heavy atom. The molecule has 3 aromatic carbocycles. The number of aromatic nitrogens is 1. The van der Waals surface area contributed by atoms with E-state index in [4.69, 9.17) is 10.5 Å². The highest BCUT2D eigenvalue weighted by atomic mass is 19.1. The fourth-order valence-corrected chi connectivity index (χ4v) is 5.62. The van der Waals surface area contributed by atoms with Gasteiger partial charge in [-0.15, -0.1) is 0 Å². The fourth-order valence-electron chi connectivity index (χ4n) is 5.62. The Morgan fingerprint density at radius 2 is 1.39 bits per heavy atom. The number of carbonyl (C=O) groups is 3. The fraction of sp³-hybridized carbons (Fsp3) is 0.206. The van der Waals surface area contributed by atoms with E-state index in [2.05, 4.69) is 9.98 Å². The summed E-state index contributed by atoms with van der Waals surface area (Å²) in [6, 6.07) is 21.7. The van der Waals surface area contributed by atoms with Crippen LogP contribution in [0.5, 0.6) is 0 Å². The number of benzene rings is 3. The Morgan fingerprint density at radius 1 is 0.804 bits per heavy atom. The average Bonchev–Trinajstić information content (AvgIpc) is 3.33. The topological polar surface area (TPSA) is 121 Å². The second-order valence-corrected chi connectivity index (χ2v) is 11.0. The number of hydrogen-bond acceptors (Lipinski definition) is 7. The third-order valence-electron chi connectivity index (χ3n) is 8.05. The largest absolute Gasteiger partial charge is 0.445 e. The van der Waals surface area contributed by atoms with Crippen molar-refractivity contribution in [2.24, 2.45) is 10.7 Å². The molecule has 2 aliphatic rings. The van der Waals surface area contributed by atoms with Crippen molar-refractivity contribution in [1.29, 1.82) is 0 Å². The number of guanidine groups is 1. The molecule has 1 aromatic heterocycles. The van der Waals surface area contributed by atoms with Crippen LogP contribution in [0.25, 0.3) is 0 Å². The van der Waals surface area contributed by atoms with Gasteiger partial charge in [-0.1, -0.05) is 54.6 Å². The van der Waals surface area contributed by atoms with Crippen molar-refractivity contribution in [2.75, 3.05) is 26.2 Å². The van der Waals surface area contributed by atoms with Crippen LogP contribution in [0, 0.1) is 11.6 Å². The molecule has 0 radical (unpaired) electrons. The summed E-state index contributed by atoms with van der Waals surface area (Å²) >= 11 is 0. The van der Waals surface area contributed by atoms with E-state index in [1.807, 2.05) is 30.3 Å². The molecule has 2 N–H and O–H groups in total. The number of nitrogens with zero attached hydrogens (tertiary/aromatic N) is 5. The normalized spacial score (nSPS) is 15.9. The molecule has 10 nitrogen and oxygen atoms in total. The summed E-state index contributed by atoms with van der Waals surface area (Å²) in [6.07, 6.45) is 2.52. The monoisotopic (exact) mass is 624 g/mol. The molecule has 234 valence electrons. The van der Waals surface area contributed by atoms with Crippen LogP contribution in [-0.2, 0) is 28.2 Å². The standard InChI is InChI=1S/C34H30F2N6O4/c35-28-10-6-26(7-11-28)34(27-8-12-29(36)13-9-27)31(44)42(32(37)39-34)21-24-18-25(20-38-19-24)30(43)40-14-16-41(17-15-40)33(45)46-22-23-4-2-1-3-5-23/h1-13,18-20H,14-17,21-22H2,(H2,37,39). The SMILES string of the molecule is NC1=NC(c2ccc(F)cc2)(c2ccc(F)cc2)C(=O)N1Cc1cncc(C(=O)N2CCN(C(=O)OCc3ccccc3)CC2)c1. The third kappa shape index (κ3) is 6.01. The van der Waals surface area contributed by atoms with Crippen molar-refractivity contribution in [3.8, 4) is 0 Å². The van der Waals surface area contributed by atoms with Gasteiger partial charge in [0.25, 0.3) is 11.8 Å². The number of piperazine rings is 1. The van der Waals surface area contributed by atoms with Gasteiger partial charge in [0.15, 0.2) is 11.5 Å². The summed E-state index contributed by atoms with van der Waals surface area (Å²) in [6.45, 7) is 1.37. The van der Waals surface area contributed by atoms with Crippen LogP contribution in [0.15, 0.2) is 102 Å². The summed E-state index contributed by atoms with van der Waals surface area (Å²) in [4.78, 5) is 53.3. The minimum absolute atomic E-state index is 0.0482. The van der Waals surface area contributed by atoms with Gasteiger partial charge in [-0.3, -0.25) is 19.5 Å². The molecule has 1 fully saturated rings. The van der Waals surface area contributed by atoms with E-state index in [1.54, 1.807) is 15.9 Å². The number of carbonyl (C=O) groups excluding carboxylic acids is 3. The Labute approximate surface area is 263 Å². The zero-order chi connectivity index (χ0) is 32.3. The zero-order valence-corrected chi connectivity index (χ0v) is 24.7. The minimum atomic E-state index is -1.66.